The number of nitrogens with zero attached hydrogens (tertiary/aromatic N) is 3. The van der Waals surface area contributed by atoms with Gasteiger partial charge in [-0.3, -0.25) is 9.59 Å². The van der Waals surface area contributed by atoms with Crippen molar-refractivity contribution in [2.24, 2.45) is 0 Å². The molecule has 0 radical (unpaired) electrons. The molecule has 2 aliphatic rings. The molecule has 1 saturated heterocycles. The molecule has 1 N–H and O–H groups in total. The first-order valence-corrected chi connectivity index (χ1v) is 9.66. The molecule has 0 saturated carbocycles. The van der Waals surface area contributed by atoms with E-state index in [1.807, 2.05) is 29.2 Å². The number of carbonyl (C=O) groups excluding carboxylic acids is 2. The molecule has 2 aromatic rings. The summed E-state index contributed by atoms with van der Waals surface area (Å²) < 4.78 is 5.57. The highest BCUT2D eigenvalue weighted by Gasteiger charge is 2.30. The van der Waals surface area contributed by atoms with Gasteiger partial charge in [0.25, 0.3) is 5.91 Å². The number of ether oxygens (including phenoxy) is 1. The zero-order valence-electron chi connectivity index (χ0n) is 15.9. The average molecular weight is 380 g/mol. The van der Waals surface area contributed by atoms with Crippen LogP contribution in [0, 0.1) is 0 Å². The van der Waals surface area contributed by atoms with E-state index in [2.05, 4.69) is 22.1 Å². The third kappa shape index (κ3) is 3.71. The van der Waals surface area contributed by atoms with Gasteiger partial charge in [-0.05, 0) is 24.7 Å². The average Bonchev–Trinajstić information content (AvgIpc) is 3.18. The van der Waals surface area contributed by atoms with Gasteiger partial charge in [0, 0.05) is 37.9 Å². The van der Waals surface area contributed by atoms with E-state index < -0.39 is 0 Å². The van der Waals surface area contributed by atoms with Crippen LogP contribution in [0.2, 0.25) is 0 Å². The monoisotopic (exact) mass is 380 g/mol. The molecule has 0 spiro atoms. The van der Waals surface area contributed by atoms with E-state index in [0.29, 0.717) is 18.0 Å². The van der Waals surface area contributed by atoms with E-state index in [4.69, 9.17) is 4.74 Å². The molecule has 1 aromatic heterocycles. The van der Waals surface area contributed by atoms with Gasteiger partial charge < -0.3 is 19.9 Å². The van der Waals surface area contributed by atoms with Crippen LogP contribution in [0.15, 0.2) is 42.6 Å². The van der Waals surface area contributed by atoms with Gasteiger partial charge in [-0.1, -0.05) is 25.1 Å². The molecule has 7 nitrogen and oxygen atoms in total. The second kappa shape index (κ2) is 7.98. The molecule has 4 rings (SSSR count). The fourth-order valence-electron chi connectivity index (χ4n) is 3.64. The Hall–Kier alpha value is -2.93. The molecule has 0 aliphatic carbocycles. The summed E-state index contributed by atoms with van der Waals surface area (Å²) >= 11 is 0. The lowest BCUT2D eigenvalue weighted by molar-refractivity contribution is -0.117. The summed E-state index contributed by atoms with van der Waals surface area (Å²) in [5, 5.41) is 2.82. The lowest BCUT2D eigenvalue weighted by Crippen LogP contribution is -2.48. The number of piperazine rings is 1. The van der Waals surface area contributed by atoms with E-state index >= 15 is 0 Å². The molecule has 1 aromatic carbocycles. The topological polar surface area (TPSA) is 74.8 Å². The van der Waals surface area contributed by atoms with Crippen molar-refractivity contribution in [2.45, 2.75) is 12.8 Å². The fraction of sp³-hybridized carbons (Fsp3) is 0.381. The van der Waals surface area contributed by atoms with E-state index in [0.717, 1.165) is 44.0 Å². The van der Waals surface area contributed by atoms with Crippen molar-refractivity contribution >= 4 is 17.6 Å². The number of rotatable bonds is 4. The quantitative estimate of drug-likeness (QED) is 0.878. The molecule has 1 fully saturated rings. The maximum absolute atomic E-state index is 12.6. The molecule has 7 heteroatoms. The molecule has 1 unspecified atom stereocenters. The second-order valence-corrected chi connectivity index (χ2v) is 7.05. The predicted molar refractivity (Wildman–Crippen MR) is 106 cm³/mol. The van der Waals surface area contributed by atoms with E-state index in [9.17, 15) is 9.59 Å². The number of pyridine rings is 1. The van der Waals surface area contributed by atoms with Gasteiger partial charge in [-0.25, -0.2) is 4.98 Å². The first-order chi connectivity index (χ1) is 13.7. The maximum atomic E-state index is 12.6. The number of para-hydroxylation sites is 1. The van der Waals surface area contributed by atoms with Crippen molar-refractivity contribution in [1.29, 1.82) is 0 Å². The van der Waals surface area contributed by atoms with Crippen molar-refractivity contribution in [3.05, 3.63) is 53.7 Å². The summed E-state index contributed by atoms with van der Waals surface area (Å²) in [4.78, 5) is 33.7. The number of benzene rings is 1. The van der Waals surface area contributed by atoms with Crippen LogP contribution in [-0.4, -0.2) is 65.9 Å². The Morgan fingerprint density at radius 1 is 1.14 bits per heavy atom. The summed E-state index contributed by atoms with van der Waals surface area (Å²) in [6.07, 6.45) is 1.53. The number of anilines is 1. The van der Waals surface area contributed by atoms with Gasteiger partial charge in [0.2, 0.25) is 5.91 Å². The molecule has 1 atom stereocenters. The Kier molecular flexibility index (Phi) is 5.25. The Morgan fingerprint density at radius 2 is 1.93 bits per heavy atom. The maximum Gasteiger partial charge on any atom is 0.255 e. The van der Waals surface area contributed by atoms with Gasteiger partial charge in [0.1, 0.15) is 24.1 Å². The van der Waals surface area contributed by atoms with E-state index in [-0.39, 0.29) is 17.7 Å². The van der Waals surface area contributed by atoms with Gasteiger partial charge in [0.05, 0.1) is 5.56 Å². The van der Waals surface area contributed by atoms with Crippen molar-refractivity contribution in [3.63, 3.8) is 0 Å². The van der Waals surface area contributed by atoms with Crippen LogP contribution in [-0.2, 0) is 4.79 Å². The number of aromatic nitrogens is 1. The first-order valence-electron chi connectivity index (χ1n) is 9.66. The molecule has 2 aliphatic heterocycles. The number of carbonyl (C=O) groups is 2. The van der Waals surface area contributed by atoms with Gasteiger partial charge in [-0.15, -0.1) is 0 Å². The zero-order valence-corrected chi connectivity index (χ0v) is 15.9. The Labute approximate surface area is 164 Å². The Morgan fingerprint density at radius 3 is 2.64 bits per heavy atom. The number of nitrogens with one attached hydrogen (secondary N) is 1. The number of amides is 2. The summed E-state index contributed by atoms with van der Waals surface area (Å²) in [5.74, 6) is 0.655. The van der Waals surface area contributed by atoms with Crippen molar-refractivity contribution in [3.8, 4) is 5.75 Å². The molecule has 0 bridgehead atoms. The summed E-state index contributed by atoms with van der Waals surface area (Å²) in [6.45, 7) is 6.71. The highest BCUT2D eigenvalue weighted by Crippen LogP contribution is 2.34. The lowest BCUT2D eigenvalue weighted by atomic mass is 10.0. The zero-order chi connectivity index (χ0) is 19.5. The predicted octanol–water partition coefficient (Wildman–Crippen LogP) is 1.97. The second-order valence-electron chi connectivity index (χ2n) is 7.05. The smallest absolute Gasteiger partial charge is 0.255 e. The molecular weight excluding hydrogens is 356 g/mol. The molecule has 3 heterocycles. The number of fused-ring (bicyclic) bond motifs is 1. The Bertz CT molecular complexity index is 860. The van der Waals surface area contributed by atoms with Crippen molar-refractivity contribution in [1.82, 2.24) is 14.8 Å². The van der Waals surface area contributed by atoms with Crippen molar-refractivity contribution < 1.29 is 14.3 Å². The lowest BCUT2D eigenvalue weighted by Gasteiger charge is -2.34. The SMILES string of the molecule is CCN1CCN(C(=O)c2ccc(NC(=O)C3COc4ccccc43)nc2)CC1. The summed E-state index contributed by atoms with van der Waals surface area (Å²) in [5.41, 5.74) is 1.43. The number of hydrogen-bond acceptors (Lipinski definition) is 5. The van der Waals surface area contributed by atoms with Gasteiger partial charge in [0.15, 0.2) is 0 Å². The minimum absolute atomic E-state index is 0.0146. The van der Waals surface area contributed by atoms with Crippen LogP contribution in [0.25, 0.3) is 0 Å². The van der Waals surface area contributed by atoms with E-state index in [1.54, 1.807) is 12.1 Å². The largest absolute Gasteiger partial charge is 0.492 e. The van der Waals surface area contributed by atoms with E-state index in [1.165, 1.54) is 6.20 Å². The Balaban J connectivity index is 1.37. The van der Waals surface area contributed by atoms with Crippen LogP contribution in [0.5, 0.6) is 5.75 Å². The summed E-state index contributed by atoms with van der Waals surface area (Å²) in [6, 6.07) is 10.9. The third-order valence-electron chi connectivity index (χ3n) is 5.38. The van der Waals surface area contributed by atoms with Crippen LogP contribution >= 0.6 is 0 Å². The molecule has 146 valence electrons. The number of likely N-dealkylation sites (N-methyl/N-ethyl adjacent to an activating group) is 1. The van der Waals surface area contributed by atoms with Crippen LogP contribution in [0.1, 0.15) is 28.8 Å². The minimum atomic E-state index is -0.353. The van der Waals surface area contributed by atoms with Gasteiger partial charge >= 0.3 is 0 Å². The van der Waals surface area contributed by atoms with Gasteiger partial charge in [-0.2, -0.15) is 0 Å². The minimum Gasteiger partial charge on any atom is -0.492 e. The molecular formula is C21H24N4O3. The fourth-order valence-corrected chi connectivity index (χ4v) is 3.64. The summed E-state index contributed by atoms with van der Waals surface area (Å²) in [7, 11) is 0. The third-order valence-corrected chi connectivity index (χ3v) is 5.38. The normalized spacial score (nSPS) is 19.0. The first kappa shape index (κ1) is 18.4. The molecule has 28 heavy (non-hydrogen) atoms. The highest BCUT2D eigenvalue weighted by atomic mass is 16.5. The highest BCUT2D eigenvalue weighted by molar-refractivity contribution is 5.97. The molecule has 2 amide bonds. The standard InChI is InChI=1S/C21H24N4O3/c1-2-24-9-11-25(12-10-24)21(27)15-7-8-19(22-13-15)23-20(26)17-14-28-18-6-4-3-5-16(17)18/h3-8,13,17H,2,9-12,14H2,1H3,(H,22,23,26). The van der Waals surface area contributed by atoms with Crippen LogP contribution in [0.4, 0.5) is 5.82 Å². The van der Waals surface area contributed by atoms with Crippen LogP contribution < -0.4 is 10.1 Å². The van der Waals surface area contributed by atoms with Crippen LogP contribution in [0.3, 0.4) is 0 Å². The number of hydrogen-bond donors (Lipinski definition) is 1. The van der Waals surface area contributed by atoms with Crippen molar-refractivity contribution in [2.75, 3.05) is 44.6 Å².